The van der Waals surface area contributed by atoms with E-state index in [0.29, 0.717) is 0 Å². The van der Waals surface area contributed by atoms with Crippen LogP contribution in [0.3, 0.4) is 0 Å². The lowest BCUT2D eigenvalue weighted by atomic mass is 9.72. The summed E-state index contributed by atoms with van der Waals surface area (Å²) < 4.78 is 21.8. The van der Waals surface area contributed by atoms with Crippen LogP contribution in [-0.4, -0.2) is 91.8 Å². The monoisotopic (exact) mass is 638 g/mol. The topological polar surface area (TPSA) is 227 Å². The molecule has 0 aromatic heterocycles. The molecule has 0 spiro atoms. The number of benzene rings is 2. The number of aliphatic hydroxyl groups is 4. The predicted octanol–water partition coefficient (Wildman–Crippen LogP) is 1.98. The third-order valence-corrected chi connectivity index (χ3v) is 9.16. The maximum absolute atomic E-state index is 13.3. The SMILES string of the molecule is COC(=O)[C@]12Oc3cc(C)c(-c4c(C)cc(O)c5c4O[C@@]4(C(=O)OC)C(=C5O)C(=O)CC[C@@H]4O)c(O)c3C(O)=C1C(=O)CC[C@H]2O. The van der Waals surface area contributed by atoms with Crippen LogP contribution in [0, 0.1) is 13.8 Å². The van der Waals surface area contributed by atoms with Crippen molar-refractivity contribution < 1.29 is 68.8 Å². The molecule has 4 aliphatic rings. The molecule has 2 aliphatic carbocycles. The normalized spacial score (nSPS) is 26.7. The predicted molar refractivity (Wildman–Crippen MR) is 155 cm³/mol. The fourth-order valence-corrected chi connectivity index (χ4v) is 7.05. The number of phenols is 2. The van der Waals surface area contributed by atoms with Crippen LogP contribution in [0.25, 0.3) is 22.6 Å². The third kappa shape index (κ3) is 3.70. The van der Waals surface area contributed by atoms with Gasteiger partial charge in [-0.3, -0.25) is 9.59 Å². The van der Waals surface area contributed by atoms with Gasteiger partial charge < -0.3 is 49.6 Å². The van der Waals surface area contributed by atoms with Gasteiger partial charge >= 0.3 is 11.9 Å². The van der Waals surface area contributed by atoms with Crippen LogP contribution in [0.1, 0.15) is 47.9 Å². The van der Waals surface area contributed by atoms with E-state index >= 15 is 0 Å². The van der Waals surface area contributed by atoms with E-state index in [1.54, 1.807) is 0 Å². The van der Waals surface area contributed by atoms with Gasteiger partial charge in [0.15, 0.2) is 11.6 Å². The van der Waals surface area contributed by atoms with Gasteiger partial charge in [-0.25, -0.2) is 9.59 Å². The molecule has 242 valence electrons. The van der Waals surface area contributed by atoms with Gasteiger partial charge in [0.25, 0.3) is 11.2 Å². The number of esters is 2. The van der Waals surface area contributed by atoms with Gasteiger partial charge in [0.2, 0.25) is 0 Å². The molecule has 2 fully saturated rings. The highest BCUT2D eigenvalue weighted by Crippen LogP contribution is 2.57. The van der Waals surface area contributed by atoms with Crippen LogP contribution in [0.4, 0.5) is 0 Å². The second kappa shape index (κ2) is 10.2. The van der Waals surface area contributed by atoms with Crippen molar-refractivity contribution >= 4 is 35.0 Å². The lowest BCUT2D eigenvalue weighted by Gasteiger charge is -2.44. The zero-order valence-corrected chi connectivity index (χ0v) is 25.1. The number of phenolic OH excluding ortho intramolecular Hbond substituents is 2. The van der Waals surface area contributed by atoms with Crippen LogP contribution >= 0.6 is 0 Å². The van der Waals surface area contributed by atoms with Crippen molar-refractivity contribution in [3.63, 3.8) is 0 Å². The first-order chi connectivity index (χ1) is 21.7. The summed E-state index contributed by atoms with van der Waals surface area (Å²) >= 11 is 0. The Balaban J connectivity index is 1.68. The minimum absolute atomic E-state index is 0.0395. The molecule has 0 amide bonds. The number of rotatable bonds is 3. The summed E-state index contributed by atoms with van der Waals surface area (Å²) in [6.07, 6.45) is -4.15. The Bertz CT molecular complexity index is 1850. The molecular weight excluding hydrogens is 608 g/mol. The van der Waals surface area contributed by atoms with Crippen molar-refractivity contribution in [1.29, 1.82) is 0 Å². The molecular formula is C32H30O14. The van der Waals surface area contributed by atoms with Crippen LogP contribution < -0.4 is 9.47 Å². The molecule has 2 heterocycles. The smallest absolute Gasteiger partial charge is 0.358 e. The Kier molecular flexibility index (Phi) is 6.87. The molecule has 2 aromatic rings. The Morgan fingerprint density at radius 1 is 0.739 bits per heavy atom. The largest absolute Gasteiger partial charge is 0.507 e. The standard InChI is InChI=1S/C32H30O14/c1-11-9-15(35)21-26(39)23-13(33)6-8-18(37)32(23,30(42)44-4)46-28(21)20(11)19-12(2)10-16-22(25(19)38)27(40)24-14(34)5-7-17(36)31(24,45-16)29(41)43-3/h9-10,17-18,35-40H,5-8H2,1-4H3/t17-,18+,31-,32-/m1/s1. The zero-order valence-electron chi connectivity index (χ0n) is 25.1. The Morgan fingerprint density at radius 3 is 1.74 bits per heavy atom. The number of hydrogen-bond acceptors (Lipinski definition) is 14. The van der Waals surface area contributed by atoms with Gasteiger partial charge in [0.05, 0.1) is 25.4 Å². The van der Waals surface area contributed by atoms with Gasteiger partial charge in [-0.15, -0.1) is 0 Å². The number of aliphatic hydroxyl groups excluding tert-OH is 4. The number of carbonyl (C=O) groups is 4. The lowest BCUT2D eigenvalue weighted by molar-refractivity contribution is -0.170. The van der Waals surface area contributed by atoms with Gasteiger partial charge in [0, 0.05) is 24.0 Å². The fourth-order valence-electron chi connectivity index (χ4n) is 7.05. The van der Waals surface area contributed by atoms with Crippen LogP contribution in [0.2, 0.25) is 0 Å². The van der Waals surface area contributed by atoms with E-state index in [1.165, 1.54) is 26.0 Å². The summed E-state index contributed by atoms with van der Waals surface area (Å²) in [7, 11) is 2.02. The number of aryl methyl sites for hydroxylation is 2. The molecule has 46 heavy (non-hydrogen) atoms. The van der Waals surface area contributed by atoms with Crippen molar-refractivity contribution in [2.24, 2.45) is 0 Å². The highest BCUT2D eigenvalue weighted by Gasteiger charge is 2.63. The van der Waals surface area contributed by atoms with E-state index in [2.05, 4.69) is 0 Å². The van der Waals surface area contributed by atoms with Crippen LogP contribution in [0.5, 0.6) is 23.0 Å². The van der Waals surface area contributed by atoms with Crippen molar-refractivity contribution in [3.05, 3.63) is 45.5 Å². The van der Waals surface area contributed by atoms with Crippen molar-refractivity contribution in [1.82, 2.24) is 0 Å². The van der Waals surface area contributed by atoms with Gasteiger partial charge in [-0.1, -0.05) is 0 Å². The molecule has 14 heteroatoms. The molecule has 6 N–H and O–H groups in total. The summed E-state index contributed by atoms with van der Waals surface area (Å²) in [5, 5.41) is 67.7. The first-order valence-corrected chi connectivity index (χ1v) is 14.3. The number of aromatic hydroxyl groups is 2. The summed E-state index contributed by atoms with van der Waals surface area (Å²) in [5.41, 5.74) is -6.73. The summed E-state index contributed by atoms with van der Waals surface area (Å²) in [4.78, 5) is 52.4. The molecule has 4 atom stereocenters. The number of ether oxygens (including phenoxy) is 4. The molecule has 0 saturated heterocycles. The number of fused-ring (bicyclic) bond motifs is 4. The van der Waals surface area contributed by atoms with E-state index in [1.807, 2.05) is 0 Å². The fraction of sp³-hybridized carbons (Fsp3) is 0.375. The van der Waals surface area contributed by atoms with Gasteiger partial charge in [-0.2, -0.15) is 0 Å². The number of carbonyl (C=O) groups excluding carboxylic acids is 4. The zero-order chi connectivity index (χ0) is 33.6. The Hall–Kier alpha value is -5.08. The van der Waals surface area contributed by atoms with Crippen molar-refractivity contribution in [2.75, 3.05) is 14.2 Å². The second-order valence-electron chi connectivity index (χ2n) is 11.6. The molecule has 2 saturated carbocycles. The number of Topliss-reactive ketones (excluding diaryl/α,β-unsaturated/α-hetero) is 2. The molecule has 2 aromatic carbocycles. The highest BCUT2D eigenvalue weighted by molar-refractivity contribution is 6.14. The van der Waals surface area contributed by atoms with E-state index in [-0.39, 0.29) is 53.7 Å². The number of hydrogen-bond donors (Lipinski definition) is 6. The molecule has 0 unspecified atom stereocenters. The van der Waals surface area contributed by atoms with Gasteiger partial charge in [0.1, 0.15) is 57.9 Å². The Morgan fingerprint density at radius 2 is 1.22 bits per heavy atom. The van der Waals surface area contributed by atoms with Crippen molar-refractivity contribution in [3.8, 4) is 34.1 Å². The van der Waals surface area contributed by atoms with Crippen LogP contribution in [-0.2, 0) is 28.7 Å². The summed E-state index contributed by atoms with van der Waals surface area (Å²) in [5.74, 6) is -7.47. The highest BCUT2D eigenvalue weighted by atomic mass is 16.6. The minimum Gasteiger partial charge on any atom is -0.507 e. The minimum atomic E-state index is -2.54. The van der Waals surface area contributed by atoms with E-state index in [0.717, 1.165) is 14.2 Å². The molecule has 0 radical (unpaired) electrons. The van der Waals surface area contributed by atoms with Crippen LogP contribution in [0.15, 0.2) is 23.3 Å². The first-order valence-electron chi connectivity index (χ1n) is 14.3. The summed E-state index contributed by atoms with van der Waals surface area (Å²) in [6, 6.07) is 2.52. The quantitative estimate of drug-likeness (QED) is 0.264. The average Bonchev–Trinajstić information content (AvgIpc) is 3.00. The third-order valence-electron chi connectivity index (χ3n) is 9.16. The number of ketones is 2. The molecule has 6 rings (SSSR count). The second-order valence-corrected chi connectivity index (χ2v) is 11.6. The van der Waals surface area contributed by atoms with E-state index < -0.39 is 98.0 Å². The van der Waals surface area contributed by atoms with Gasteiger partial charge in [-0.05, 0) is 49.9 Å². The molecule has 0 bridgehead atoms. The lowest BCUT2D eigenvalue weighted by Crippen LogP contribution is -2.61. The van der Waals surface area contributed by atoms with E-state index in [4.69, 9.17) is 18.9 Å². The van der Waals surface area contributed by atoms with Crippen molar-refractivity contribution in [2.45, 2.75) is 62.9 Å². The summed E-state index contributed by atoms with van der Waals surface area (Å²) in [6.45, 7) is 3.00. The number of methoxy groups -OCH3 is 2. The van der Waals surface area contributed by atoms with E-state index in [9.17, 15) is 49.8 Å². The molecule has 2 aliphatic heterocycles. The maximum Gasteiger partial charge on any atom is 0.358 e. The Labute approximate surface area is 260 Å². The molecule has 14 nitrogen and oxygen atoms in total. The first kappa shape index (κ1) is 30.9. The maximum atomic E-state index is 13.3. The average molecular weight is 639 g/mol.